The zero-order valence-corrected chi connectivity index (χ0v) is 13.6. The van der Waals surface area contributed by atoms with Gasteiger partial charge in [0.15, 0.2) is 5.96 Å². The van der Waals surface area contributed by atoms with Crippen LogP contribution in [0.1, 0.15) is 29.9 Å². The molecule has 1 fully saturated rings. The first kappa shape index (κ1) is 14.8. The van der Waals surface area contributed by atoms with Crippen molar-refractivity contribution >= 4 is 16.7 Å². The highest BCUT2D eigenvalue weighted by atomic mass is 15.0. The van der Waals surface area contributed by atoms with Crippen molar-refractivity contribution in [2.75, 3.05) is 0 Å². The lowest BCUT2D eigenvalue weighted by Crippen LogP contribution is -2.22. The van der Waals surface area contributed by atoms with Crippen LogP contribution in [0.15, 0.2) is 65.7 Å². The minimum atomic E-state index is 0.124. The summed E-state index contributed by atoms with van der Waals surface area (Å²) in [5.41, 5.74) is 16.1. The van der Waals surface area contributed by atoms with E-state index in [0.717, 1.165) is 11.5 Å². The topological polar surface area (TPSA) is 64.4 Å². The summed E-state index contributed by atoms with van der Waals surface area (Å²) >= 11 is 0. The van der Waals surface area contributed by atoms with Crippen molar-refractivity contribution < 1.29 is 0 Å². The highest BCUT2D eigenvalue weighted by Gasteiger charge is 2.23. The van der Waals surface area contributed by atoms with E-state index in [1.54, 1.807) is 0 Å². The van der Waals surface area contributed by atoms with E-state index in [1.165, 1.54) is 40.3 Å². The molecule has 0 spiro atoms. The van der Waals surface area contributed by atoms with Crippen LogP contribution in [0.2, 0.25) is 0 Å². The van der Waals surface area contributed by atoms with E-state index in [0.29, 0.717) is 6.54 Å². The number of aliphatic imine (C=N–C) groups is 1. The van der Waals surface area contributed by atoms with Crippen LogP contribution in [-0.2, 0) is 6.54 Å². The molecular formula is C21H21N3. The summed E-state index contributed by atoms with van der Waals surface area (Å²) in [5.74, 6) is 0.913. The molecule has 0 heterocycles. The monoisotopic (exact) mass is 315 g/mol. The fourth-order valence-electron chi connectivity index (χ4n) is 3.29. The molecule has 0 aromatic heterocycles. The van der Waals surface area contributed by atoms with Crippen molar-refractivity contribution in [2.45, 2.75) is 25.3 Å². The molecule has 0 bridgehead atoms. The molecule has 3 aromatic carbocycles. The summed E-state index contributed by atoms with van der Waals surface area (Å²) in [6.07, 6.45) is 2.67. The summed E-state index contributed by atoms with van der Waals surface area (Å²) in [5, 5.41) is 2.44. The normalized spacial score (nSPS) is 13.8. The Balaban J connectivity index is 1.78. The second kappa shape index (κ2) is 6.00. The van der Waals surface area contributed by atoms with Gasteiger partial charge >= 0.3 is 0 Å². The Morgan fingerprint density at radius 2 is 1.58 bits per heavy atom. The number of nitrogens with zero attached hydrogens (tertiary/aromatic N) is 1. The van der Waals surface area contributed by atoms with Gasteiger partial charge in [0, 0.05) is 0 Å². The van der Waals surface area contributed by atoms with E-state index in [1.807, 2.05) is 0 Å². The molecule has 24 heavy (non-hydrogen) atoms. The minimum absolute atomic E-state index is 0.124. The van der Waals surface area contributed by atoms with E-state index >= 15 is 0 Å². The average molecular weight is 315 g/mol. The highest BCUT2D eigenvalue weighted by Crippen LogP contribution is 2.41. The van der Waals surface area contributed by atoms with Gasteiger partial charge in [-0.1, -0.05) is 60.7 Å². The molecule has 4 rings (SSSR count). The van der Waals surface area contributed by atoms with E-state index in [4.69, 9.17) is 11.5 Å². The number of hydrogen-bond acceptors (Lipinski definition) is 1. The van der Waals surface area contributed by atoms with Crippen LogP contribution < -0.4 is 11.5 Å². The molecule has 0 radical (unpaired) electrons. The Labute approximate surface area is 142 Å². The fraction of sp³-hybridized carbons (Fsp3) is 0.190. The third kappa shape index (κ3) is 2.85. The van der Waals surface area contributed by atoms with Crippen molar-refractivity contribution in [3.05, 3.63) is 71.8 Å². The molecule has 0 saturated heterocycles. The Hall–Kier alpha value is -2.81. The van der Waals surface area contributed by atoms with Gasteiger partial charge < -0.3 is 11.5 Å². The molecule has 1 aliphatic carbocycles. The van der Waals surface area contributed by atoms with E-state index < -0.39 is 0 Å². The number of nitrogens with two attached hydrogens (primary N) is 2. The van der Waals surface area contributed by atoms with Gasteiger partial charge in [0.05, 0.1) is 6.54 Å². The Morgan fingerprint density at radius 3 is 2.29 bits per heavy atom. The van der Waals surface area contributed by atoms with Crippen LogP contribution in [0.5, 0.6) is 0 Å². The third-order valence-corrected chi connectivity index (χ3v) is 4.71. The molecule has 120 valence electrons. The summed E-state index contributed by atoms with van der Waals surface area (Å²) in [4.78, 5) is 4.16. The summed E-state index contributed by atoms with van der Waals surface area (Å²) < 4.78 is 0. The number of hydrogen-bond donors (Lipinski definition) is 2. The number of rotatable bonds is 4. The van der Waals surface area contributed by atoms with Gasteiger partial charge in [-0.2, -0.15) is 0 Å². The summed E-state index contributed by atoms with van der Waals surface area (Å²) in [6.45, 7) is 0.504. The van der Waals surface area contributed by atoms with Gasteiger partial charge in [-0.15, -0.1) is 0 Å². The molecule has 1 aliphatic rings. The number of guanidine groups is 1. The van der Waals surface area contributed by atoms with Crippen LogP contribution in [0.3, 0.4) is 0 Å². The van der Waals surface area contributed by atoms with E-state index in [2.05, 4.69) is 65.7 Å². The predicted octanol–water partition coefficient (Wildman–Crippen LogP) is 4.16. The zero-order valence-electron chi connectivity index (χ0n) is 13.6. The molecule has 0 amide bonds. The van der Waals surface area contributed by atoms with Gasteiger partial charge in [0.25, 0.3) is 0 Å². The maximum Gasteiger partial charge on any atom is 0.186 e. The van der Waals surface area contributed by atoms with Crippen LogP contribution >= 0.6 is 0 Å². The fourth-order valence-corrected chi connectivity index (χ4v) is 3.29. The summed E-state index contributed by atoms with van der Waals surface area (Å²) in [7, 11) is 0. The maximum atomic E-state index is 5.48. The van der Waals surface area contributed by atoms with Crippen molar-refractivity contribution in [1.29, 1.82) is 0 Å². The molecule has 3 heteroatoms. The second-order valence-corrected chi connectivity index (χ2v) is 6.46. The largest absolute Gasteiger partial charge is 0.370 e. The van der Waals surface area contributed by atoms with Crippen molar-refractivity contribution in [1.82, 2.24) is 0 Å². The van der Waals surface area contributed by atoms with Gasteiger partial charge in [0.2, 0.25) is 0 Å². The van der Waals surface area contributed by atoms with Crippen LogP contribution in [0, 0.1) is 0 Å². The quantitative estimate of drug-likeness (QED) is 0.561. The maximum absolute atomic E-state index is 5.48. The first-order chi connectivity index (χ1) is 11.7. The molecule has 3 nitrogen and oxygen atoms in total. The number of benzene rings is 3. The average Bonchev–Trinajstić information content (AvgIpc) is 3.44. The SMILES string of the molecule is NC(N)=NCc1cccc2c(-c3ccc(C4CC4)cc3)cccc12. The van der Waals surface area contributed by atoms with Gasteiger partial charge in [-0.3, -0.25) is 0 Å². The third-order valence-electron chi connectivity index (χ3n) is 4.71. The van der Waals surface area contributed by atoms with Crippen molar-refractivity contribution in [3.63, 3.8) is 0 Å². The first-order valence-electron chi connectivity index (χ1n) is 8.39. The Bertz CT molecular complexity index is 902. The van der Waals surface area contributed by atoms with Gasteiger partial charge in [0.1, 0.15) is 0 Å². The van der Waals surface area contributed by atoms with Crippen molar-refractivity contribution in [3.8, 4) is 11.1 Å². The lowest BCUT2D eigenvalue weighted by molar-refractivity contribution is 1.07. The van der Waals surface area contributed by atoms with E-state index in [-0.39, 0.29) is 5.96 Å². The number of fused-ring (bicyclic) bond motifs is 1. The molecule has 0 unspecified atom stereocenters. The van der Waals surface area contributed by atoms with Crippen LogP contribution in [0.4, 0.5) is 0 Å². The van der Waals surface area contributed by atoms with Gasteiger partial charge in [-0.25, -0.2) is 4.99 Å². The molecule has 1 saturated carbocycles. The minimum Gasteiger partial charge on any atom is -0.370 e. The molecule has 0 atom stereocenters. The second-order valence-electron chi connectivity index (χ2n) is 6.46. The van der Waals surface area contributed by atoms with Crippen LogP contribution in [-0.4, -0.2) is 5.96 Å². The Morgan fingerprint density at radius 1 is 0.875 bits per heavy atom. The van der Waals surface area contributed by atoms with Crippen molar-refractivity contribution in [2.24, 2.45) is 16.5 Å². The zero-order chi connectivity index (χ0) is 16.5. The predicted molar refractivity (Wildman–Crippen MR) is 101 cm³/mol. The van der Waals surface area contributed by atoms with E-state index in [9.17, 15) is 0 Å². The molecule has 0 aliphatic heterocycles. The Kier molecular flexibility index (Phi) is 3.69. The smallest absolute Gasteiger partial charge is 0.186 e. The van der Waals surface area contributed by atoms with Crippen LogP contribution in [0.25, 0.3) is 21.9 Å². The lowest BCUT2D eigenvalue weighted by Gasteiger charge is -2.10. The highest BCUT2D eigenvalue weighted by molar-refractivity contribution is 5.98. The lowest BCUT2D eigenvalue weighted by atomic mass is 9.95. The molecular weight excluding hydrogens is 294 g/mol. The first-order valence-corrected chi connectivity index (χ1v) is 8.39. The molecule has 3 aromatic rings. The summed E-state index contributed by atoms with van der Waals surface area (Å²) in [6, 6.07) is 21.8. The van der Waals surface area contributed by atoms with Gasteiger partial charge in [-0.05, 0) is 51.8 Å². The standard InChI is InChI=1S/C21H21N3/c22-21(23)24-13-17-3-1-6-20-18(4-2-5-19(17)20)16-11-9-15(10-12-16)14-7-8-14/h1-6,9-12,14H,7-8,13H2,(H4,22,23,24). The molecule has 4 N–H and O–H groups in total.